The molecule has 100 valence electrons. The molecule has 0 aliphatic heterocycles. The van der Waals surface area contributed by atoms with Crippen molar-refractivity contribution in [2.24, 2.45) is 5.92 Å². The number of ether oxygens (including phenoxy) is 1. The standard InChI is InChI=1S/C13H18INO3/c1-8(2)11(7-14)15-13(17)10-6-9(18-3)4-5-12(10)16/h4-6,8,11,16H,7H2,1-3H3,(H,15,17). The van der Waals surface area contributed by atoms with Gasteiger partial charge in [0.25, 0.3) is 5.91 Å². The van der Waals surface area contributed by atoms with Gasteiger partial charge in [-0.15, -0.1) is 0 Å². The van der Waals surface area contributed by atoms with Crippen LogP contribution in [0.3, 0.4) is 0 Å². The smallest absolute Gasteiger partial charge is 0.255 e. The fourth-order valence-electron chi connectivity index (χ4n) is 1.45. The summed E-state index contributed by atoms with van der Waals surface area (Å²) in [6.45, 7) is 4.10. The normalized spacial score (nSPS) is 12.3. The zero-order chi connectivity index (χ0) is 13.7. The fourth-order valence-corrected chi connectivity index (χ4v) is 2.69. The number of phenolic OH excluding ortho intramolecular Hbond substituents is 1. The monoisotopic (exact) mass is 363 g/mol. The van der Waals surface area contributed by atoms with Crippen LogP contribution in [0.15, 0.2) is 18.2 Å². The van der Waals surface area contributed by atoms with Gasteiger partial charge in [-0.3, -0.25) is 4.79 Å². The summed E-state index contributed by atoms with van der Waals surface area (Å²) in [5.74, 6) is 0.582. The average molecular weight is 363 g/mol. The Kier molecular flexibility index (Phi) is 5.71. The van der Waals surface area contributed by atoms with Crippen LogP contribution in [0.25, 0.3) is 0 Å². The number of benzene rings is 1. The molecule has 0 heterocycles. The fraction of sp³-hybridized carbons (Fsp3) is 0.462. The van der Waals surface area contributed by atoms with Crippen molar-refractivity contribution in [1.82, 2.24) is 5.32 Å². The van der Waals surface area contributed by atoms with Gasteiger partial charge in [-0.25, -0.2) is 0 Å². The Hall–Kier alpha value is -0.980. The van der Waals surface area contributed by atoms with Crippen molar-refractivity contribution in [2.45, 2.75) is 19.9 Å². The molecule has 0 saturated heterocycles. The highest BCUT2D eigenvalue weighted by atomic mass is 127. The maximum absolute atomic E-state index is 12.1. The molecule has 18 heavy (non-hydrogen) atoms. The maximum atomic E-state index is 12.1. The van der Waals surface area contributed by atoms with E-state index in [-0.39, 0.29) is 23.3 Å². The van der Waals surface area contributed by atoms with Gasteiger partial charge in [0.1, 0.15) is 11.5 Å². The van der Waals surface area contributed by atoms with Crippen molar-refractivity contribution >= 4 is 28.5 Å². The Labute approximate surface area is 121 Å². The highest BCUT2D eigenvalue weighted by molar-refractivity contribution is 14.1. The first-order valence-electron chi connectivity index (χ1n) is 5.73. The van der Waals surface area contributed by atoms with E-state index in [1.54, 1.807) is 6.07 Å². The lowest BCUT2D eigenvalue weighted by Crippen LogP contribution is -2.39. The minimum absolute atomic E-state index is 0.0377. The number of amides is 1. The quantitative estimate of drug-likeness (QED) is 0.625. The summed E-state index contributed by atoms with van der Waals surface area (Å²) in [6.07, 6.45) is 0. The number of methoxy groups -OCH3 is 1. The van der Waals surface area contributed by atoms with E-state index in [0.717, 1.165) is 4.43 Å². The van der Waals surface area contributed by atoms with Crippen LogP contribution in [0.5, 0.6) is 11.5 Å². The molecule has 0 bridgehead atoms. The van der Waals surface area contributed by atoms with Gasteiger partial charge in [0.15, 0.2) is 0 Å². The van der Waals surface area contributed by atoms with Gasteiger partial charge in [0.2, 0.25) is 0 Å². The third kappa shape index (κ3) is 3.76. The average Bonchev–Trinajstić information content (AvgIpc) is 2.35. The molecule has 0 aliphatic carbocycles. The van der Waals surface area contributed by atoms with E-state index in [4.69, 9.17) is 4.74 Å². The second kappa shape index (κ2) is 6.82. The lowest BCUT2D eigenvalue weighted by molar-refractivity contribution is 0.0929. The van der Waals surface area contributed by atoms with Crippen LogP contribution in [0.1, 0.15) is 24.2 Å². The summed E-state index contributed by atoms with van der Waals surface area (Å²) in [5, 5.41) is 12.6. The van der Waals surface area contributed by atoms with Gasteiger partial charge in [-0.05, 0) is 24.1 Å². The third-order valence-electron chi connectivity index (χ3n) is 2.74. The summed E-state index contributed by atoms with van der Waals surface area (Å²) in [7, 11) is 1.52. The SMILES string of the molecule is COc1ccc(O)c(C(=O)NC(CI)C(C)C)c1. The third-order valence-corrected chi connectivity index (χ3v) is 3.68. The molecule has 0 spiro atoms. The van der Waals surface area contributed by atoms with Crippen LogP contribution >= 0.6 is 22.6 Å². The molecule has 2 N–H and O–H groups in total. The number of nitrogens with one attached hydrogen (secondary N) is 1. The van der Waals surface area contributed by atoms with Crippen molar-refractivity contribution in [3.8, 4) is 11.5 Å². The van der Waals surface area contributed by atoms with E-state index >= 15 is 0 Å². The molecule has 4 nitrogen and oxygen atoms in total. The van der Waals surface area contributed by atoms with Gasteiger partial charge >= 0.3 is 0 Å². The molecule has 1 unspecified atom stereocenters. The van der Waals surface area contributed by atoms with Crippen molar-refractivity contribution in [1.29, 1.82) is 0 Å². The highest BCUT2D eigenvalue weighted by Crippen LogP contribution is 2.23. The molecular weight excluding hydrogens is 345 g/mol. The van der Waals surface area contributed by atoms with Gasteiger partial charge in [-0.2, -0.15) is 0 Å². The van der Waals surface area contributed by atoms with E-state index in [0.29, 0.717) is 11.7 Å². The number of carbonyl (C=O) groups excluding carboxylic acids is 1. The summed E-state index contributed by atoms with van der Waals surface area (Å²) in [4.78, 5) is 12.1. The molecule has 1 aromatic carbocycles. The molecule has 0 fully saturated rings. The number of phenols is 1. The van der Waals surface area contributed by atoms with Crippen molar-refractivity contribution < 1.29 is 14.6 Å². The number of alkyl halides is 1. The number of halogens is 1. The first-order chi connectivity index (χ1) is 8.49. The molecule has 0 saturated carbocycles. The van der Waals surface area contributed by atoms with Crippen LogP contribution in [-0.2, 0) is 0 Å². The van der Waals surface area contributed by atoms with Crippen molar-refractivity contribution in [3.63, 3.8) is 0 Å². The van der Waals surface area contributed by atoms with Gasteiger partial charge in [0.05, 0.1) is 12.7 Å². The number of hydrogen-bond donors (Lipinski definition) is 2. The second-order valence-corrected chi connectivity index (χ2v) is 5.24. The Morgan fingerprint density at radius 3 is 2.67 bits per heavy atom. The summed E-state index contributed by atoms with van der Waals surface area (Å²) in [5.41, 5.74) is 0.241. The zero-order valence-electron chi connectivity index (χ0n) is 10.7. The first-order valence-corrected chi connectivity index (χ1v) is 7.26. The largest absolute Gasteiger partial charge is 0.507 e. The van der Waals surface area contributed by atoms with E-state index in [9.17, 15) is 9.90 Å². The van der Waals surface area contributed by atoms with Crippen LogP contribution in [0, 0.1) is 5.92 Å². The predicted molar refractivity (Wildman–Crippen MR) is 79.6 cm³/mol. The molecule has 0 radical (unpaired) electrons. The van der Waals surface area contributed by atoms with Gasteiger partial charge in [-0.1, -0.05) is 36.4 Å². The topological polar surface area (TPSA) is 58.6 Å². The Morgan fingerprint density at radius 1 is 1.50 bits per heavy atom. The minimum atomic E-state index is -0.276. The van der Waals surface area contributed by atoms with Crippen molar-refractivity contribution in [2.75, 3.05) is 11.5 Å². The lowest BCUT2D eigenvalue weighted by atomic mass is 10.1. The number of aromatic hydroxyl groups is 1. The zero-order valence-corrected chi connectivity index (χ0v) is 12.9. The molecule has 1 amide bonds. The van der Waals surface area contributed by atoms with Crippen LogP contribution in [0.4, 0.5) is 0 Å². The number of hydrogen-bond acceptors (Lipinski definition) is 3. The first kappa shape index (κ1) is 15.1. The number of rotatable bonds is 5. The highest BCUT2D eigenvalue weighted by Gasteiger charge is 2.18. The van der Waals surface area contributed by atoms with Crippen molar-refractivity contribution in [3.05, 3.63) is 23.8 Å². The molecule has 1 rings (SSSR count). The van der Waals surface area contributed by atoms with Crippen LogP contribution in [-0.4, -0.2) is 28.6 Å². The summed E-state index contributed by atoms with van der Waals surface area (Å²) < 4.78 is 5.87. The van der Waals surface area contributed by atoms with Gasteiger partial charge < -0.3 is 15.2 Å². The molecule has 0 aliphatic rings. The Balaban J connectivity index is 2.89. The van der Waals surface area contributed by atoms with E-state index in [2.05, 4.69) is 41.8 Å². The van der Waals surface area contributed by atoms with Crippen LogP contribution in [0.2, 0.25) is 0 Å². The molecule has 5 heteroatoms. The Morgan fingerprint density at radius 2 is 2.17 bits per heavy atom. The predicted octanol–water partition coefficient (Wildman–Crippen LogP) is 2.59. The molecular formula is C13H18INO3. The summed E-state index contributed by atoms with van der Waals surface area (Å²) in [6, 6.07) is 4.70. The molecule has 1 aromatic rings. The number of carbonyl (C=O) groups is 1. The summed E-state index contributed by atoms with van der Waals surface area (Å²) >= 11 is 2.24. The van der Waals surface area contributed by atoms with E-state index in [1.165, 1.54) is 19.2 Å². The Bertz CT molecular complexity index is 421. The molecule has 1 atom stereocenters. The van der Waals surface area contributed by atoms with Gasteiger partial charge in [0, 0.05) is 10.5 Å². The minimum Gasteiger partial charge on any atom is -0.507 e. The molecule has 0 aromatic heterocycles. The second-order valence-electron chi connectivity index (χ2n) is 4.36. The van der Waals surface area contributed by atoms with Crippen LogP contribution < -0.4 is 10.1 Å². The lowest BCUT2D eigenvalue weighted by Gasteiger charge is -2.20. The maximum Gasteiger partial charge on any atom is 0.255 e. The van der Waals surface area contributed by atoms with E-state index in [1.807, 2.05) is 0 Å². The van der Waals surface area contributed by atoms with E-state index < -0.39 is 0 Å².